The second-order valence-corrected chi connectivity index (χ2v) is 6.44. The van der Waals surface area contributed by atoms with E-state index in [0.29, 0.717) is 0 Å². The number of thiol groups is 1. The zero-order valence-corrected chi connectivity index (χ0v) is 14.7. The first-order valence-electron chi connectivity index (χ1n) is 6.68. The van der Waals surface area contributed by atoms with Gasteiger partial charge in [0.25, 0.3) is 0 Å². The minimum absolute atomic E-state index is 0.0175. The van der Waals surface area contributed by atoms with E-state index in [1.807, 2.05) is 6.92 Å². The van der Waals surface area contributed by atoms with Crippen molar-refractivity contribution in [2.75, 3.05) is 19.3 Å². The van der Waals surface area contributed by atoms with Crippen LogP contribution in [0.3, 0.4) is 0 Å². The van der Waals surface area contributed by atoms with Gasteiger partial charge in [-0.3, -0.25) is 9.59 Å². The number of hydrogen-bond acceptors (Lipinski definition) is 5. The summed E-state index contributed by atoms with van der Waals surface area (Å²) in [6, 6.07) is 6.08. The topological polar surface area (TPSA) is 112 Å². The summed E-state index contributed by atoms with van der Waals surface area (Å²) in [6.07, 6.45) is 0.926. The second kappa shape index (κ2) is 10.2. The van der Waals surface area contributed by atoms with Crippen molar-refractivity contribution in [3.05, 3.63) is 29.8 Å². The van der Waals surface area contributed by atoms with Gasteiger partial charge in [-0.05, 0) is 25.3 Å². The molecular formula is C14H21NO6S2. The average molecular weight is 363 g/mol. The maximum atomic E-state index is 12.4. The first-order chi connectivity index (χ1) is 10.7. The number of carbonyl (C=O) groups is 2. The van der Waals surface area contributed by atoms with E-state index in [-0.39, 0.29) is 30.8 Å². The summed E-state index contributed by atoms with van der Waals surface area (Å²) in [5.74, 6) is -2.29. The summed E-state index contributed by atoms with van der Waals surface area (Å²) in [5.41, 5.74) is 0.886. The van der Waals surface area contributed by atoms with Gasteiger partial charge in [-0.2, -0.15) is 16.9 Å². The van der Waals surface area contributed by atoms with Gasteiger partial charge in [0, 0.05) is 13.1 Å². The predicted molar refractivity (Wildman–Crippen MR) is 89.4 cm³/mol. The molecule has 1 aromatic rings. The molecule has 2 N–H and O–H groups in total. The fraction of sp³-hybridized carbons (Fsp3) is 0.429. The van der Waals surface area contributed by atoms with Gasteiger partial charge in [0.1, 0.15) is 0 Å². The summed E-state index contributed by atoms with van der Waals surface area (Å²) < 4.78 is 25.7. The molecule has 0 unspecified atom stereocenters. The monoisotopic (exact) mass is 363 g/mol. The van der Waals surface area contributed by atoms with Crippen LogP contribution in [0.15, 0.2) is 29.2 Å². The summed E-state index contributed by atoms with van der Waals surface area (Å²) in [4.78, 5) is 21.2. The molecule has 0 aromatic heterocycles. The third kappa shape index (κ3) is 7.49. The molecule has 0 radical (unpaired) electrons. The number of nitrogens with zero attached hydrogens (tertiary/aromatic N) is 1. The molecule has 0 saturated carbocycles. The molecule has 0 fully saturated rings. The molecule has 0 saturated heterocycles. The lowest BCUT2D eigenvalue weighted by atomic mass is 10.2. The van der Waals surface area contributed by atoms with Gasteiger partial charge in [-0.25, -0.2) is 8.42 Å². The third-order valence-corrected chi connectivity index (χ3v) is 4.72. The number of carboxylic acids is 2. The van der Waals surface area contributed by atoms with E-state index in [0.717, 1.165) is 9.87 Å². The molecule has 0 aliphatic heterocycles. The molecule has 0 heterocycles. The van der Waals surface area contributed by atoms with Gasteiger partial charge in [-0.15, -0.1) is 0 Å². The van der Waals surface area contributed by atoms with E-state index in [9.17, 15) is 18.0 Å². The number of carboxylic acid groups (broad SMARTS) is 2. The zero-order valence-electron chi connectivity index (χ0n) is 13.0. The Morgan fingerprint density at radius 2 is 1.39 bits per heavy atom. The lowest BCUT2D eigenvalue weighted by Gasteiger charge is -2.20. The van der Waals surface area contributed by atoms with E-state index >= 15 is 0 Å². The van der Waals surface area contributed by atoms with Crippen LogP contribution in [0.25, 0.3) is 0 Å². The maximum absolute atomic E-state index is 12.4. The van der Waals surface area contributed by atoms with E-state index in [2.05, 4.69) is 12.6 Å². The number of aryl methyl sites for hydroxylation is 1. The van der Waals surface area contributed by atoms with Gasteiger partial charge in [0.05, 0.1) is 17.7 Å². The van der Waals surface area contributed by atoms with Crippen molar-refractivity contribution in [3.8, 4) is 0 Å². The Morgan fingerprint density at radius 3 is 1.74 bits per heavy atom. The molecule has 23 heavy (non-hydrogen) atoms. The molecule has 0 atom stereocenters. The highest BCUT2D eigenvalue weighted by molar-refractivity contribution is 7.89. The molecule has 1 aromatic carbocycles. The van der Waals surface area contributed by atoms with Crippen LogP contribution in [0.2, 0.25) is 0 Å². The van der Waals surface area contributed by atoms with Crippen LogP contribution in [0, 0.1) is 6.92 Å². The van der Waals surface area contributed by atoms with Gasteiger partial charge in [-0.1, -0.05) is 17.7 Å². The van der Waals surface area contributed by atoms with Crippen molar-refractivity contribution in [1.82, 2.24) is 4.31 Å². The van der Waals surface area contributed by atoms with Crippen LogP contribution in [0.5, 0.6) is 0 Å². The van der Waals surface area contributed by atoms with Gasteiger partial charge >= 0.3 is 11.9 Å². The predicted octanol–water partition coefficient (Wildman–Crippen LogP) is 1.48. The first kappa shape index (κ1) is 21.4. The summed E-state index contributed by atoms with van der Waals surface area (Å²) in [6.45, 7) is 1.28. The standard InChI is InChI=1S/C13H17NO6S.CH4S/c1-10-2-4-11(5-3-10)21(19,20)14(8-6-12(15)16)9-7-13(17)18;1-2/h2-5H,6-9H2,1H3,(H,15,16)(H,17,18);2H,1H3. The smallest absolute Gasteiger partial charge is 0.304 e. The SMILES string of the molecule is CS.Cc1ccc(S(=O)(=O)N(CCC(=O)O)CCC(=O)O)cc1. The number of benzene rings is 1. The molecule has 7 nitrogen and oxygen atoms in total. The van der Waals surface area contributed by atoms with Crippen LogP contribution in [-0.2, 0) is 19.6 Å². The van der Waals surface area contributed by atoms with Crippen LogP contribution < -0.4 is 0 Å². The van der Waals surface area contributed by atoms with Crippen LogP contribution >= 0.6 is 12.6 Å². The minimum Gasteiger partial charge on any atom is -0.481 e. The van der Waals surface area contributed by atoms with Crippen molar-refractivity contribution >= 4 is 34.6 Å². The van der Waals surface area contributed by atoms with Crippen molar-refractivity contribution in [3.63, 3.8) is 0 Å². The van der Waals surface area contributed by atoms with Crippen molar-refractivity contribution in [2.24, 2.45) is 0 Å². The normalized spacial score (nSPS) is 10.8. The highest BCUT2D eigenvalue weighted by Gasteiger charge is 2.25. The third-order valence-electron chi connectivity index (χ3n) is 2.81. The van der Waals surface area contributed by atoms with Crippen molar-refractivity contribution in [1.29, 1.82) is 0 Å². The molecule has 0 amide bonds. The second-order valence-electron chi connectivity index (χ2n) is 4.50. The quantitative estimate of drug-likeness (QED) is 0.603. The maximum Gasteiger partial charge on any atom is 0.304 e. The summed E-state index contributed by atoms with van der Waals surface area (Å²) >= 11 is 3.53. The molecular weight excluding hydrogens is 342 g/mol. The first-order valence-corrected chi connectivity index (χ1v) is 9.02. The van der Waals surface area contributed by atoms with Gasteiger partial charge < -0.3 is 10.2 Å². The molecule has 1 rings (SSSR count). The fourth-order valence-electron chi connectivity index (χ4n) is 1.65. The van der Waals surface area contributed by atoms with E-state index in [1.165, 1.54) is 12.1 Å². The van der Waals surface area contributed by atoms with E-state index in [4.69, 9.17) is 10.2 Å². The Morgan fingerprint density at radius 1 is 1.00 bits per heavy atom. The van der Waals surface area contributed by atoms with Gasteiger partial charge in [0.2, 0.25) is 10.0 Å². The molecule has 0 aliphatic carbocycles. The minimum atomic E-state index is -3.90. The van der Waals surface area contributed by atoms with E-state index < -0.39 is 22.0 Å². The van der Waals surface area contributed by atoms with Crippen molar-refractivity contribution < 1.29 is 28.2 Å². The summed E-state index contributed by atoms with van der Waals surface area (Å²) in [5, 5.41) is 17.3. The lowest BCUT2D eigenvalue weighted by Crippen LogP contribution is -2.34. The highest BCUT2D eigenvalue weighted by Crippen LogP contribution is 2.17. The molecule has 130 valence electrons. The van der Waals surface area contributed by atoms with Crippen LogP contribution in [-0.4, -0.2) is 54.2 Å². The number of sulfonamides is 1. The lowest BCUT2D eigenvalue weighted by molar-refractivity contribution is -0.137. The zero-order chi connectivity index (χ0) is 18.0. The Hall–Kier alpha value is -1.58. The largest absolute Gasteiger partial charge is 0.481 e. The fourth-order valence-corrected chi connectivity index (χ4v) is 3.09. The Bertz CT molecular complexity index is 595. The number of rotatable bonds is 8. The molecule has 0 aliphatic rings. The van der Waals surface area contributed by atoms with E-state index in [1.54, 1.807) is 18.4 Å². The number of aliphatic carboxylic acids is 2. The molecule has 0 spiro atoms. The Labute approximate surface area is 141 Å². The van der Waals surface area contributed by atoms with Gasteiger partial charge in [0.15, 0.2) is 0 Å². The van der Waals surface area contributed by atoms with Crippen LogP contribution in [0.4, 0.5) is 0 Å². The molecule has 9 heteroatoms. The van der Waals surface area contributed by atoms with Crippen molar-refractivity contribution in [2.45, 2.75) is 24.7 Å². The highest BCUT2D eigenvalue weighted by atomic mass is 32.2. The Balaban J connectivity index is 0.00000232. The number of hydrogen-bond donors (Lipinski definition) is 3. The molecule has 0 bridgehead atoms. The average Bonchev–Trinajstić information content (AvgIpc) is 2.48. The summed E-state index contributed by atoms with van der Waals surface area (Å²) in [7, 11) is -3.90. The Kier molecular flexibility index (Phi) is 9.54. The van der Waals surface area contributed by atoms with Crippen LogP contribution in [0.1, 0.15) is 18.4 Å².